The number of Topliss-reactive ketones (excluding diaryl/α,β-unsaturated/α-hetero) is 1. The first-order valence-corrected chi connectivity index (χ1v) is 8.01. The minimum absolute atomic E-state index is 0.110. The smallest absolute Gasteiger partial charge is 0.254 e. The van der Waals surface area contributed by atoms with Crippen molar-refractivity contribution in [1.29, 1.82) is 0 Å². The maximum Gasteiger partial charge on any atom is 0.254 e. The Hall–Kier alpha value is -3.09. The van der Waals surface area contributed by atoms with E-state index in [1.807, 2.05) is 0 Å². The van der Waals surface area contributed by atoms with Crippen LogP contribution in [-0.2, 0) is 4.79 Å². The van der Waals surface area contributed by atoms with E-state index in [1.54, 1.807) is 24.3 Å². The van der Waals surface area contributed by atoms with Crippen LogP contribution in [0.3, 0.4) is 0 Å². The number of ketones is 1. The first-order chi connectivity index (χ1) is 12.4. The summed E-state index contributed by atoms with van der Waals surface area (Å²) in [7, 11) is 0. The Kier molecular flexibility index (Phi) is 6.54. The number of para-hydroxylation sites is 1. The van der Waals surface area contributed by atoms with Crippen LogP contribution in [0.4, 0.5) is 14.5 Å². The van der Waals surface area contributed by atoms with E-state index in [0.717, 1.165) is 12.1 Å². The molecule has 0 unspecified atom stereocenters. The van der Waals surface area contributed by atoms with Crippen molar-refractivity contribution in [3.8, 4) is 0 Å². The maximum absolute atomic E-state index is 13.5. The van der Waals surface area contributed by atoms with E-state index in [0.29, 0.717) is 23.7 Å². The first kappa shape index (κ1) is 19.2. The molecule has 2 amide bonds. The van der Waals surface area contributed by atoms with Gasteiger partial charge in [0, 0.05) is 24.6 Å². The van der Waals surface area contributed by atoms with E-state index in [-0.39, 0.29) is 30.2 Å². The lowest BCUT2D eigenvalue weighted by atomic mass is 10.1. The predicted molar refractivity (Wildman–Crippen MR) is 93.0 cm³/mol. The molecule has 2 N–H and O–H groups in total. The molecule has 0 saturated carbocycles. The highest BCUT2D eigenvalue weighted by Crippen LogP contribution is 2.16. The maximum atomic E-state index is 13.5. The molecule has 0 spiro atoms. The molecule has 2 rings (SSSR count). The van der Waals surface area contributed by atoms with Gasteiger partial charge in [-0.1, -0.05) is 12.1 Å². The Bertz CT molecular complexity index is 837. The van der Waals surface area contributed by atoms with Crippen LogP contribution in [0.5, 0.6) is 0 Å². The van der Waals surface area contributed by atoms with Gasteiger partial charge in [0.1, 0.15) is 11.6 Å². The van der Waals surface area contributed by atoms with E-state index in [2.05, 4.69) is 10.6 Å². The van der Waals surface area contributed by atoms with Gasteiger partial charge < -0.3 is 10.6 Å². The summed E-state index contributed by atoms with van der Waals surface area (Å²) < 4.78 is 26.3. The lowest BCUT2D eigenvalue weighted by Crippen LogP contribution is -2.26. The molecular weight excluding hydrogens is 342 g/mol. The largest absolute Gasteiger partial charge is 0.352 e. The third kappa shape index (κ3) is 5.20. The van der Waals surface area contributed by atoms with Crippen molar-refractivity contribution >= 4 is 23.3 Å². The summed E-state index contributed by atoms with van der Waals surface area (Å²) in [6, 6.07) is 9.36. The highest BCUT2D eigenvalue weighted by molar-refractivity contribution is 6.03. The fraction of sp³-hybridized carbons (Fsp3) is 0.211. The topological polar surface area (TPSA) is 75.3 Å². The summed E-state index contributed by atoms with van der Waals surface area (Å²) in [5.41, 5.74) is 0.592. The van der Waals surface area contributed by atoms with Crippen molar-refractivity contribution < 1.29 is 23.2 Å². The molecule has 0 heterocycles. The molecule has 0 fully saturated rings. The fourth-order valence-corrected chi connectivity index (χ4v) is 2.33. The SMILES string of the molecule is CC(=O)c1ccccc1NC(=O)CCCNC(=O)c1ccc(F)cc1F. The number of halogens is 2. The predicted octanol–water partition coefficient (Wildman–Crippen LogP) is 3.32. The van der Waals surface area contributed by atoms with Gasteiger partial charge in [-0.15, -0.1) is 0 Å². The van der Waals surface area contributed by atoms with Gasteiger partial charge in [0.2, 0.25) is 5.91 Å². The Labute approximate surface area is 149 Å². The monoisotopic (exact) mass is 360 g/mol. The highest BCUT2D eigenvalue weighted by Gasteiger charge is 2.13. The molecule has 0 saturated heterocycles. The summed E-state index contributed by atoms with van der Waals surface area (Å²) in [6.45, 7) is 1.56. The summed E-state index contributed by atoms with van der Waals surface area (Å²) >= 11 is 0. The van der Waals surface area contributed by atoms with Gasteiger partial charge in [-0.3, -0.25) is 14.4 Å². The molecule has 0 aliphatic carbocycles. The van der Waals surface area contributed by atoms with Crippen LogP contribution in [0, 0.1) is 11.6 Å². The molecule has 7 heteroatoms. The zero-order valence-electron chi connectivity index (χ0n) is 14.1. The summed E-state index contributed by atoms with van der Waals surface area (Å²) in [5.74, 6) is -2.84. The number of carbonyl (C=O) groups is 3. The molecule has 0 aliphatic rings. The summed E-state index contributed by atoms with van der Waals surface area (Å²) in [5, 5.41) is 5.13. The quantitative estimate of drug-likeness (QED) is 0.588. The van der Waals surface area contributed by atoms with E-state index in [9.17, 15) is 23.2 Å². The fourth-order valence-electron chi connectivity index (χ4n) is 2.33. The van der Waals surface area contributed by atoms with Crippen LogP contribution < -0.4 is 10.6 Å². The number of nitrogens with one attached hydrogen (secondary N) is 2. The third-order valence-electron chi connectivity index (χ3n) is 3.62. The third-order valence-corrected chi connectivity index (χ3v) is 3.62. The number of amides is 2. The van der Waals surface area contributed by atoms with Crippen LogP contribution in [0.25, 0.3) is 0 Å². The lowest BCUT2D eigenvalue weighted by molar-refractivity contribution is -0.116. The molecule has 2 aromatic rings. The van der Waals surface area contributed by atoms with Crippen molar-refractivity contribution in [2.75, 3.05) is 11.9 Å². The Morgan fingerprint density at radius 2 is 1.73 bits per heavy atom. The molecule has 0 bridgehead atoms. The standard InChI is InChI=1S/C19H18F2N2O3/c1-12(24)14-5-2-3-6-17(14)23-18(25)7-4-10-22-19(26)15-9-8-13(20)11-16(15)21/h2-3,5-6,8-9,11H,4,7,10H2,1H3,(H,22,26)(H,23,25). The Balaban J connectivity index is 1.80. The van der Waals surface area contributed by atoms with Gasteiger partial charge in [-0.2, -0.15) is 0 Å². The molecule has 136 valence electrons. The van der Waals surface area contributed by atoms with Crippen LogP contribution >= 0.6 is 0 Å². The van der Waals surface area contributed by atoms with Crippen LogP contribution in [0.15, 0.2) is 42.5 Å². The zero-order valence-corrected chi connectivity index (χ0v) is 14.1. The van der Waals surface area contributed by atoms with Gasteiger partial charge in [-0.25, -0.2) is 8.78 Å². The van der Waals surface area contributed by atoms with Gasteiger partial charge >= 0.3 is 0 Å². The van der Waals surface area contributed by atoms with Crippen molar-refractivity contribution in [1.82, 2.24) is 5.32 Å². The van der Waals surface area contributed by atoms with Crippen LogP contribution in [0.1, 0.15) is 40.5 Å². The summed E-state index contributed by atoms with van der Waals surface area (Å²) in [6.07, 6.45) is 0.432. The van der Waals surface area contributed by atoms with E-state index in [4.69, 9.17) is 0 Å². The van der Waals surface area contributed by atoms with Crippen molar-refractivity contribution in [2.24, 2.45) is 0 Å². The molecular formula is C19H18F2N2O3. The minimum atomic E-state index is -0.943. The van der Waals surface area contributed by atoms with Gasteiger partial charge in [-0.05, 0) is 37.6 Å². The average Bonchev–Trinajstić information content (AvgIpc) is 2.58. The van der Waals surface area contributed by atoms with E-state index < -0.39 is 17.5 Å². The second-order valence-electron chi connectivity index (χ2n) is 5.63. The minimum Gasteiger partial charge on any atom is -0.352 e. The molecule has 0 radical (unpaired) electrons. The second kappa shape index (κ2) is 8.84. The van der Waals surface area contributed by atoms with Crippen molar-refractivity contribution in [2.45, 2.75) is 19.8 Å². The first-order valence-electron chi connectivity index (χ1n) is 8.01. The van der Waals surface area contributed by atoms with Crippen LogP contribution in [0.2, 0.25) is 0 Å². The Morgan fingerprint density at radius 1 is 1.00 bits per heavy atom. The molecule has 0 atom stereocenters. The van der Waals surface area contributed by atoms with Gasteiger partial charge in [0.15, 0.2) is 5.78 Å². The number of anilines is 1. The molecule has 26 heavy (non-hydrogen) atoms. The van der Waals surface area contributed by atoms with E-state index in [1.165, 1.54) is 6.92 Å². The number of rotatable bonds is 7. The molecule has 0 aromatic heterocycles. The second-order valence-corrected chi connectivity index (χ2v) is 5.63. The molecule has 5 nitrogen and oxygen atoms in total. The molecule has 2 aromatic carbocycles. The van der Waals surface area contributed by atoms with Crippen molar-refractivity contribution in [3.63, 3.8) is 0 Å². The van der Waals surface area contributed by atoms with Gasteiger partial charge in [0.25, 0.3) is 5.91 Å². The number of benzene rings is 2. The van der Waals surface area contributed by atoms with E-state index >= 15 is 0 Å². The van der Waals surface area contributed by atoms with Gasteiger partial charge in [0.05, 0.1) is 11.3 Å². The normalized spacial score (nSPS) is 10.3. The zero-order chi connectivity index (χ0) is 19.1. The Morgan fingerprint density at radius 3 is 2.42 bits per heavy atom. The molecule has 0 aliphatic heterocycles. The average molecular weight is 360 g/mol. The van der Waals surface area contributed by atoms with Crippen LogP contribution in [-0.4, -0.2) is 24.1 Å². The summed E-state index contributed by atoms with van der Waals surface area (Å²) in [4.78, 5) is 35.3. The number of carbonyl (C=O) groups excluding carboxylic acids is 3. The number of hydrogen-bond donors (Lipinski definition) is 2. The lowest BCUT2D eigenvalue weighted by Gasteiger charge is -2.09. The highest BCUT2D eigenvalue weighted by atomic mass is 19.1. The number of hydrogen-bond acceptors (Lipinski definition) is 3. The van der Waals surface area contributed by atoms with Crippen molar-refractivity contribution in [3.05, 3.63) is 65.2 Å².